The van der Waals surface area contributed by atoms with Crippen LogP contribution in [0.4, 0.5) is 10.5 Å². The Morgan fingerprint density at radius 3 is 2.67 bits per heavy atom. The Hall–Kier alpha value is -2.40. The van der Waals surface area contributed by atoms with Gasteiger partial charge in [0.05, 0.1) is 19.3 Å². The third-order valence-corrected chi connectivity index (χ3v) is 3.81. The molecule has 2 N–H and O–H groups in total. The molecule has 0 atom stereocenters. The summed E-state index contributed by atoms with van der Waals surface area (Å²) in [5, 5.41) is 6.21. The minimum atomic E-state index is -0.310. The third-order valence-electron chi connectivity index (χ3n) is 3.39. The van der Waals surface area contributed by atoms with Crippen molar-refractivity contribution in [3.8, 4) is 11.5 Å². The molecular formula is C18H21ClN2O3. The first kappa shape index (κ1) is 17.9. The highest BCUT2D eigenvalue weighted by molar-refractivity contribution is 6.31. The first-order valence-corrected chi connectivity index (χ1v) is 7.96. The molecular weight excluding hydrogens is 328 g/mol. The molecule has 6 heteroatoms. The lowest BCUT2D eigenvalue weighted by Gasteiger charge is -2.12. The number of urea groups is 1. The van der Waals surface area contributed by atoms with E-state index >= 15 is 0 Å². The minimum Gasteiger partial charge on any atom is -0.495 e. The fraction of sp³-hybridized carbons (Fsp3) is 0.278. The largest absolute Gasteiger partial charge is 0.495 e. The number of rotatable bonds is 6. The lowest BCUT2D eigenvalue weighted by molar-refractivity contribution is 0.247. The second-order valence-electron chi connectivity index (χ2n) is 5.34. The van der Waals surface area contributed by atoms with Crippen LogP contribution in [-0.4, -0.2) is 26.3 Å². The third kappa shape index (κ3) is 5.06. The average molecular weight is 349 g/mol. The van der Waals surface area contributed by atoms with Gasteiger partial charge >= 0.3 is 6.03 Å². The maximum Gasteiger partial charge on any atom is 0.319 e. The molecule has 0 spiro atoms. The second-order valence-corrected chi connectivity index (χ2v) is 5.75. The van der Waals surface area contributed by atoms with E-state index in [4.69, 9.17) is 21.1 Å². The van der Waals surface area contributed by atoms with Crippen molar-refractivity contribution in [2.75, 3.05) is 25.6 Å². The van der Waals surface area contributed by atoms with Crippen LogP contribution >= 0.6 is 11.6 Å². The van der Waals surface area contributed by atoms with Crippen LogP contribution in [-0.2, 0) is 0 Å². The molecule has 0 aliphatic rings. The predicted molar refractivity (Wildman–Crippen MR) is 96.4 cm³/mol. The average Bonchev–Trinajstić information content (AvgIpc) is 2.55. The molecule has 0 bridgehead atoms. The number of hydrogen-bond donors (Lipinski definition) is 2. The van der Waals surface area contributed by atoms with Crippen molar-refractivity contribution in [3.05, 3.63) is 52.5 Å². The molecule has 0 fully saturated rings. The van der Waals surface area contributed by atoms with Crippen LogP contribution in [0.5, 0.6) is 11.5 Å². The standard InChI is InChI=1S/C18H21ClN2O3/c1-12-4-7-17(23-3)16(10-12)21-18(22)20-8-9-24-14-5-6-15(19)13(2)11-14/h4-7,10-11H,8-9H2,1-3H3,(H2,20,21,22). The Labute approximate surface area is 146 Å². The van der Waals surface area contributed by atoms with Gasteiger partial charge in [0.2, 0.25) is 0 Å². The van der Waals surface area contributed by atoms with Crippen LogP contribution in [0.2, 0.25) is 5.02 Å². The number of methoxy groups -OCH3 is 1. The summed E-state index contributed by atoms with van der Waals surface area (Å²) in [6.45, 7) is 4.60. The van der Waals surface area contributed by atoms with Gasteiger partial charge in [0.15, 0.2) is 0 Å². The van der Waals surface area contributed by atoms with E-state index in [0.29, 0.717) is 29.6 Å². The van der Waals surface area contributed by atoms with E-state index < -0.39 is 0 Å². The first-order valence-electron chi connectivity index (χ1n) is 7.58. The van der Waals surface area contributed by atoms with Crippen molar-refractivity contribution >= 4 is 23.3 Å². The Morgan fingerprint density at radius 1 is 1.17 bits per heavy atom. The van der Waals surface area contributed by atoms with Crippen molar-refractivity contribution in [1.29, 1.82) is 0 Å². The fourth-order valence-corrected chi connectivity index (χ4v) is 2.24. The SMILES string of the molecule is COc1ccc(C)cc1NC(=O)NCCOc1ccc(Cl)c(C)c1. The van der Waals surface area contributed by atoms with E-state index in [0.717, 1.165) is 16.9 Å². The lowest BCUT2D eigenvalue weighted by atomic mass is 10.2. The summed E-state index contributed by atoms with van der Waals surface area (Å²) in [5.41, 5.74) is 2.61. The number of halogens is 1. The number of anilines is 1. The molecule has 0 aliphatic heterocycles. The smallest absolute Gasteiger partial charge is 0.319 e. The fourth-order valence-electron chi connectivity index (χ4n) is 2.13. The maximum atomic E-state index is 12.0. The summed E-state index contributed by atoms with van der Waals surface area (Å²) in [6, 6.07) is 10.7. The van der Waals surface area contributed by atoms with Crippen molar-refractivity contribution < 1.29 is 14.3 Å². The highest BCUT2D eigenvalue weighted by atomic mass is 35.5. The normalized spacial score (nSPS) is 10.2. The van der Waals surface area contributed by atoms with Crippen LogP contribution in [0.25, 0.3) is 0 Å². The number of aryl methyl sites for hydroxylation is 2. The van der Waals surface area contributed by atoms with Gasteiger partial charge in [-0.2, -0.15) is 0 Å². The highest BCUT2D eigenvalue weighted by Crippen LogP contribution is 2.25. The molecule has 0 aliphatic carbocycles. The van der Waals surface area contributed by atoms with E-state index in [1.165, 1.54) is 0 Å². The number of hydrogen-bond acceptors (Lipinski definition) is 3. The van der Waals surface area contributed by atoms with Crippen LogP contribution in [0.3, 0.4) is 0 Å². The molecule has 0 aromatic heterocycles. The topological polar surface area (TPSA) is 59.6 Å². The van der Waals surface area contributed by atoms with Crippen molar-refractivity contribution in [2.45, 2.75) is 13.8 Å². The molecule has 0 unspecified atom stereocenters. The van der Waals surface area contributed by atoms with Crippen LogP contribution in [0.15, 0.2) is 36.4 Å². The van der Waals surface area contributed by atoms with Gasteiger partial charge in [0, 0.05) is 5.02 Å². The summed E-state index contributed by atoms with van der Waals surface area (Å²) in [5.74, 6) is 1.34. The molecule has 0 radical (unpaired) electrons. The van der Waals surface area contributed by atoms with E-state index in [1.54, 1.807) is 19.2 Å². The van der Waals surface area contributed by atoms with Gasteiger partial charge in [-0.05, 0) is 55.3 Å². The molecule has 0 saturated heterocycles. The molecule has 5 nitrogen and oxygen atoms in total. The Morgan fingerprint density at radius 2 is 1.96 bits per heavy atom. The number of ether oxygens (including phenoxy) is 2. The minimum absolute atomic E-state index is 0.310. The quantitative estimate of drug-likeness (QED) is 0.770. The zero-order valence-electron chi connectivity index (χ0n) is 14.0. The Kier molecular flexibility index (Phi) is 6.32. The Bertz CT molecular complexity index is 719. The summed E-state index contributed by atoms with van der Waals surface area (Å²) in [7, 11) is 1.57. The van der Waals surface area contributed by atoms with Crippen LogP contribution in [0.1, 0.15) is 11.1 Å². The van der Waals surface area contributed by atoms with E-state index in [1.807, 2.05) is 38.1 Å². The first-order chi connectivity index (χ1) is 11.5. The Balaban J connectivity index is 1.79. The lowest BCUT2D eigenvalue weighted by Crippen LogP contribution is -2.32. The summed E-state index contributed by atoms with van der Waals surface area (Å²) in [4.78, 5) is 12.0. The predicted octanol–water partition coefficient (Wildman–Crippen LogP) is 4.17. The monoisotopic (exact) mass is 348 g/mol. The maximum absolute atomic E-state index is 12.0. The van der Waals surface area contributed by atoms with Gasteiger partial charge < -0.3 is 20.1 Å². The van der Waals surface area contributed by atoms with Crippen molar-refractivity contribution in [1.82, 2.24) is 5.32 Å². The van der Waals surface area contributed by atoms with Crippen molar-refractivity contribution in [3.63, 3.8) is 0 Å². The highest BCUT2D eigenvalue weighted by Gasteiger charge is 2.07. The summed E-state index contributed by atoms with van der Waals surface area (Å²) in [6.07, 6.45) is 0. The summed E-state index contributed by atoms with van der Waals surface area (Å²) < 4.78 is 10.8. The number of amides is 2. The molecule has 2 aromatic rings. The van der Waals surface area contributed by atoms with Gasteiger partial charge in [-0.15, -0.1) is 0 Å². The van der Waals surface area contributed by atoms with E-state index in [-0.39, 0.29) is 6.03 Å². The molecule has 0 heterocycles. The summed E-state index contributed by atoms with van der Waals surface area (Å²) >= 11 is 5.97. The number of nitrogens with one attached hydrogen (secondary N) is 2. The zero-order chi connectivity index (χ0) is 17.5. The molecule has 24 heavy (non-hydrogen) atoms. The molecule has 2 aromatic carbocycles. The number of carbonyl (C=O) groups is 1. The second kappa shape index (κ2) is 8.45. The van der Waals surface area contributed by atoms with Gasteiger partial charge in [-0.25, -0.2) is 4.79 Å². The molecule has 2 amide bonds. The van der Waals surface area contributed by atoms with Gasteiger partial charge in [-0.1, -0.05) is 17.7 Å². The molecule has 128 valence electrons. The van der Waals surface area contributed by atoms with Crippen LogP contribution in [0, 0.1) is 13.8 Å². The van der Waals surface area contributed by atoms with E-state index in [9.17, 15) is 4.79 Å². The molecule has 0 saturated carbocycles. The van der Waals surface area contributed by atoms with Gasteiger partial charge in [0.1, 0.15) is 18.1 Å². The number of benzene rings is 2. The van der Waals surface area contributed by atoms with Crippen LogP contribution < -0.4 is 20.1 Å². The van der Waals surface area contributed by atoms with E-state index in [2.05, 4.69) is 10.6 Å². The zero-order valence-corrected chi connectivity index (χ0v) is 14.7. The molecule has 2 rings (SSSR count). The van der Waals surface area contributed by atoms with Gasteiger partial charge in [-0.3, -0.25) is 0 Å². The van der Waals surface area contributed by atoms with Gasteiger partial charge in [0.25, 0.3) is 0 Å². The van der Waals surface area contributed by atoms with Crippen molar-refractivity contribution in [2.24, 2.45) is 0 Å². The number of carbonyl (C=O) groups excluding carboxylic acids is 1.